The van der Waals surface area contributed by atoms with Crippen LogP contribution in [-0.4, -0.2) is 71.8 Å². The number of thioether (sulfide) groups is 1. The highest BCUT2D eigenvalue weighted by molar-refractivity contribution is 7.99. The lowest BCUT2D eigenvalue weighted by atomic mass is 10.2. The summed E-state index contributed by atoms with van der Waals surface area (Å²) in [5, 5.41) is 9.56. The standard InChI is InChI=1S/C23H24ClN7OS/c1-17-5-6-19(12-20(17)24)31-16-25-27-23(31)33-15-22(32)29-10-8-28(9-11-29)13-18-14-30-7-3-2-4-21(30)26-18/h2-7,12,14,16H,8-11,13,15H2,1H3. The summed E-state index contributed by atoms with van der Waals surface area (Å²) in [5.41, 5.74) is 3.90. The van der Waals surface area contributed by atoms with E-state index in [9.17, 15) is 4.79 Å². The summed E-state index contributed by atoms with van der Waals surface area (Å²) in [5.74, 6) is 0.439. The topological polar surface area (TPSA) is 71.6 Å². The Morgan fingerprint density at radius 3 is 2.79 bits per heavy atom. The van der Waals surface area contributed by atoms with Gasteiger partial charge in [0.1, 0.15) is 12.0 Å². The van der Waals surface area contributed by atoms with Gasteiger partial charge in [-0.3, -0.25) is 14.3 Å². The molecule has 1 aliphatic rings. The Hall–Kier alpha value is -2.88. The Bertz CT molecular complexity index is 1250. The zero-order valence-electron chi connectivity index (χ0n) is 18.3. The molecular weight excluding hydrogens is 458 g/mol. The average Bonchev–Trinajstić information content (AvgIpc) is 3.46. The highest BCUT2D eigenvalue weighted by Crippen LogP contribution is 2.24. The fourth-order valence-corrected chi connectivity index (χ4v) is 4.90. The molecule has 4 aromatic rings. The van der Waals surface area contributed by atoms with E-state index in [4.69, 9.17) is 11.6 Å². The van der Waals surface area contributed by atoms with Gasteiger partial charge in [-0.05, 0) is 36.8 Å². The van der Waals surface area contributed by atoms with E-state index in [-0.39, 0.29) is 5.91 Å². The molecule has 8 nitrogen and oxygen atoms in total. The largest absolute Gasteiger partial charge is 0.339 e. The molecule has 0 spiro atoms. The van der Waals surface area contributed by atoms with Gasteiger partial charge in [-0.1, -0.05) is 35.5 Å². The van der Waals surface area contributed by atoms with Gasteiger partial charge in [-0.15, -0.1) is 10.2 Å². The van der Waals surface area contributed by atoms with E-state index in [1.165, 1.54) is 11.8 Å². The molecule has 1 aromatic carbocycles. The van der Waals surface area contributed by atoms with Gasteiger partial charge in [0.25, 0.3) is 0 Å². The molecule has 1 fully saturated rings. The van der Waals surface area contributed by atoms with E-state index in [0.717, 1.165) is 42.2 Å². The van der Waals surface area contributed by atoms with Crippen LogP contribution < -0.4 is 0 Å². The smallest absolute Gasteiger partial charge is 0.233 e. The number of aromatic nitrogens is 5. The minimum Gasteiger partial charge on any atom is -0.339 e. The van der Waals surface area contributed by atoms with Crippen molar-refractivity contribution in [3.8, 4) is 5.69 Å². The first-order chi connectivity index (χ1) is 16.1. The molecule has 0 bridgehead atoms. The number of amides is 1. The number of carbonyl (C=O) groups excluding carboxylic acids is 1. The number of hydrogen-bond acceptors (Lipinski definition) is 6. The van der Waals surface area contributed by atoms with Gasteiger partial charge < -0.3 is 9.30 Å². The monoisotopic (exact) mass is 481 g/mol. The van der Waals surface area contributed by atoms with E-state index in [1.54, 1.807) is 6.33 Å². The zero-order valence-corrected chi connectivity index (χ0v) is 19.8. The molecule has 10 heteroatoms. The zero-order chi connectivity index (χ0) is 22.8. The van der Waals surface area contributed by atoms with Gasteiger partial charge in [0.2, 0.25) is 5.91 Å². The highest BCUT2D eigenvalue weighted by Gasteiger charge is 2.22. The first kappa shape index (κ1) is 21.9. The summed E-state index contributed by atoms with van der Waals surface area (Å²) in [6, 6.07) is 11.8. The van der Waals surface area contributed by atoms with Gasteiger partial charge >= 0.3 is 0 Å². The van der Waals surface area contributed by atoms with Gasteiger partial charge in [0, 0.05) is 50.1 Å². The van der Waals surface area contributed by atoms with E-state index in [0.29, 0.717) is 29.0 Å². The number of hydrogen-bond donors (Lipinski definition) is 0. The Balaban J connectivity index is 1.14. The number of rotatable bonds is 6. The van der Waals surface area contributed by atoms with Crippen molar-refractivity contribution in [2.45, 2.75) is 18.6 Å². The van der Waals surface area contributed by atoms with Crippen LogP contribution in [0.3, 0.4) is 0 Å². The van der Waals surface area contributed by atoms with Crippen LogP contribution in [0.2, 0.25) is 5.02 Å². The van der Waals surface area contributed by atoms with Crippen molar-refractivity contribution in [1.29, 1.82) is 0 Å². The number of piperazine rings is 1. The number of carbonyl (C=O) groups is 1. The molecule has 0 atom stereocenters. The lowest BCUT2D eigenvalue weighted by molar-refractivity contribution is -0.130. The van der Waals surface area contributed by atoms with Crippen LogP contribution >= 0.6 is 23.4 Å². The molecule has 0 N–H and O–H groups in total. The summed E-state index contributed by atoms with van der Waals surface area (Å²) >= 11 is 7.66. The van der Waals surface area contributed by atoms with Crippen molar-refractivity contribution in [1.82, 2.24) is 33.9 Å². The summed E-state index contributed by atoms with van der Waals surface area (Å²) in [6.07, 6.45) is 5.72. The Labute approximate surface area is 201 Å². The Morgan fingerprint density at radius 1 is 1.15 bits per heavy atom. The second kappa shape index (κ2) is 9.54. The van der Waals surface area contributed by atoms with E-state index in [1.807, 2.05) is 63.4 Å². The molecule has 1 amide bonds. The molecule has 0 radical (unpaired) electrons. The molecule has 3 aromatic heterocycles. The Morgan fingerprint density at radius 2 is 2.00 bits per heavy atom. The lowest BCUT2D eigenvalue weighted by Crippen LogP contribution is -2.48. The summed E-state index contributed by atoms with van der Waals surface area (Å²) < 4.78 is 3.89. The summed E-state index contributed by atoms with van der Waals surface area (Å²) in [6.45, 7) is 5.86. The number of imidazole rings is 1. The predicted molar refractivity (Wildman–Crippen MR) is 129 cm³/mol. The number of pyridine rings is 1. The molecule has 0 unspecified atom stereocenters. The maximum atomic E-state index is 12.8. The van der Waals surface area contributed by atoms with Crippen LogP contribution in [0.1, 0.15) is 11.3 Å². The van der Waals surface area contributed by atoms with Crippen molar-refractivity contribution in [3.05, 3.63) is 71.4 Å². The van der Waals surface area contributed by atoms with E-state index < -0.39 is 0 Å². The minimum absolute atomic E-state index is 0.115. The first-order valence-corrected chi connectivity index (χ1v) is 12.2. The molecular formula is C23H24ClN7OS. The molecule has 0 aliphatic carbocycles. The molecule has 1 aliphatic heterocycles. The third kappa shape index (κ3) is 4.90. The van der Waals surface area contributed by atoms with Gasteiger partial charge in [0.05, 0.1) is 17.1 Å². The maximum absolute atomic E-state index is 12.8. The van der Waals surface area contributed by atoms with Gasteiger partial charge in [-0.25, -0.2) is 4.98 Å². The third-order valence-electron chi connectivity index (χ3n) is 5.80. The number of nitrogens with zero attached hydrogens (tertiary/aromatic N) is 7. The first-order valence-electron chi connectivity index (χ1n) is 10.8. The second-order valence-corrected chi connectivity index (χ2v) is 9.41. The summed E-state index contributed by atoms with van der Waals surface area (Å²) in [7, 11) is 0. The fourth-order valence-electron chi connectivity index (χ4n) is 3.90. The van der Waals surface area contributed by atoms with Crippen LogP contribution in [-0.2, 0) is 11.3 Å². The van der Waals surface area contributed by atoms with E-state index in [2.05, 4.69) is 26.3 Å². The van der Waals surface area contributed by atoms with Gasteiger partial charge in [-0.2, -0.15) is 0 Å². The maximum Gasteiger partial charge on any atom is 0.233 e. The Kier molecular flexibility index (Phi) is 6.34. The van der Waals surface area contributed by atoms with Crippen molar-refractivity contribution < 1.29 is 4.79 Å². The second-order valence-electron chi connectivity index (χ2n) is 8.06. The number of halogens is 1. The van der Waals surface area contributed by atoms with Crippen molar-refractivity contribution in [2.24, 2.45) is 0 Å². The number of fused-ring (bicyclic) bond motifs is 1. The van der Waals surface area contributed by atoms with Crippen molar-refractivity contribution in [3.63, 3.8) is 0 Å². The van der Waals surface area contributed by atoms with Crippen molar-refractivity contribution in [2.75, 3.05) is 31.9 Å². The molecule has 0 saturated carbocycles. The van der Waals surface area contributed by atoms with Crippen LogP contribution in [0, 0.1) is 6.92 Å². The fraction of sp³-hybridized carbons (Fsp3) is 0.304. The van der Waals surface area contributed by atoms with Gasteiger partial charge in [0.15, 0.2) is 5.16 Å². The predicted octanol–water partition coefficient (Wildman–Crippen LogP) is 3.31. The highest BCUT2D eigenvalue weighted by atomic mass is 35.5. The van der Waals surface area contributed by atoms with E-state index >= 15 is 0 Å². The third-order valence-corrected chi connectivity index (χ3v) is 7.13. The number of aryl methyl sites for hydroxylation is 1. The molecule has 170 valence electrons. The average molecular weight is 482 g/mol. The minimum atomic E-state index is 0.115. The lowest BCUT2D eigenvalue weighted by Gasteiger charge is -2.34. The van der Waals surface area contributed by atoms with Crippen LogP contribution in [0.5, 0.6) is 0 Å². The molecule has 1 saturated heterocycles. The molecule has 33 heavy (non-hydrogen) atoms. The van der Waals surface area contributed by atoms with Crippen LogP contribution in [0.4, 0.5) is 0 Å². The van der Waals surface area contributed by atoms with Crippen molar-refractivity contribution >= 4 is 34.9 Å². The van der Waals surface area contributed by atoms with Crippen LogP contribution in [0.25, 0.3) is 11.3 Å². The SMILES string of the molecule is Cc1ccc(-n2cnnc2SCC(=O)N2CCN(Cc3cn4ccccc4n3)CC2)cc1Cl. The molecule has 5 rings (SSSR count). The normalized spacial score (nSPS) is 14.8. The summed E-state index contributed by atoms with van der Waals surface area (Å²) in [4.78, 5) is 21.8. The molecule has 4 heterocycles. The number of benzene rings is 1. The van der Waals surface area contributed by atoms with Crippen LogP contribution in [0.15, 0.2) is 60.3 Å². The quantitative estimate of drug-likeness (QED) is 0.393.